The number of nitrogens with zero attached hydrogens (tertiary/aromatic N) is 1. The molecule has 1 heterocycles. The lowest BCUT2D eigenvalue weighted by Gasteiger charge is -2.31. The Kier molecular flexibility index (Phi) is 4.63. The summed E-state index contributed by atoms with van der Waals surface area (Å²) in [6.45, 7) is 6.12. The first-order valence-corrected chi connectivity index (χ1v) is 7.52. The minimum atomic E-state index is 0.0360. The van der Waals surface area contributed by atoms with Crippen LogP contribution in [0.15, 0.2) is 6.07 Å². The standard InChI is InChI=1S/C16H25N3O/c1-4-12-7-5-6-8-13(12)20-16-14(15(17)18)10(2)9-11(3)19-16/h9,12-13H,4-8H2,1-3H3,(H3,17,18). The maximum Gasteiger partial charge on any atom is 0.225 e. The molecule has 1 aromatic heterocycles. The molecule has 1 aromatic rings. The van der Waals surface area contributed by atoms with E-state index in [-0.39, 0.29) is 11.9 Å². The summed E-state index contributed by atoms with van der Waals surface area (Å²) in [5.74, 6) is 1.17. The smallest absolute Gasteiger partial charge is 0.225 e. The van der Waals surface area contributed by atoms with Gasteiger partial charge in [0, 0.05) is 5.69 Å². The van der Waals surface area contributed by atoms with Crippen molar-refractivity contribution < 1.29 is 4.74 Å². The van der Waals surface area contributed by atoms with Gasteiger partial charge in [0.25, 0.3) is 0 Å². The van der Waals surface area contributed by atoms with Crippen LogP contribution in [0.25, 0.3) is 0 Å². The van der Waals surface area contributed by atoms with Gasteiger partial charge in [0.15, 0.2) is 0 Å². The summed E-state index contributed by atoms with van der Waals surface area (Å²) in [6, 6.07) is 1.95. The van der Waals surface area contributed by atoms with Crippen LogP contribution in [0.2, 0.25) is 0 Å². The highest BCUT2D eigenvalue weighted by atomic mass is 16.5. The second-order valence-corrected chi connectivity index (χ2v) is 5.78. The number of nitrogens with one attached hydrogen (secondary N) is 1. The van der Waals surface area contributed by atoms with Crippen LogP contribution in [0.5, 0.6) is 5.88 Å². The third kappa shape index (κ3) is 3.11. The monoisotopic (exact) mass is 275 g/mol. The zero-order chi connectivity index (χ0) is 14.7. The Labute approximate surface area is 121 Å². The number of amidine groups is 1. The first-order valence-electron chi connectivity index (χ1n) is 7.52. The first-order chi connectivity index (χ1) is 9.52. The molecule has 1 fully saturated rings. The molecule has 1 aliphatic carbocycles. The number of rotatable bonds is 4. The van der Waals surface area contributed by atoms with E-state index in [1.807, 2.05) is 19.9 Å². The Morgan fingerprint density at radius 3 is 2.75 bits per heavy atom. The lowest BCUT2D eigenvalue weighted by molar-refractivity contribution is 0.0854. The molecular formula is C16H25N3O. The lowest BCUT2D eigenvalue weighted by atomic mass is 9.85. The van der Waals surface area contributed by atoms with E-state index in [1.54, 1.807) is 0 Å². The molecule has 2 rings (SSSR count). The number of aryl methyl sites for hydroxylation is 2. The molecule has 0 aliphatic heterocycles. The molecule has 3 N–H and O–H groups in total. The maximum absolute atomic E-state index is 7.76. The third-order valence-corrected chi connectivity index (χ3v) is 4.21. The van der Waals surface area contributed by atoms with Crippen molar-refractivity contribution >= 4 is 5.84 Å². The number of hydrogen-bond donors (Lipinski definition) is 2. The molecule has 1 aliphatic rings. The van der Waals surface area contributed by atoms with Crippen molar-refractivity contribution in [2.75, 3.05) is 0 Å². The average Bonchev–Trinajstić information content (AvgIpc) is 2.38. The van der Waals surface area contributed by atoms with Crippen molar-refractivity contribution in [2.24, 2.45) is 11.7 Å². The Hall–Kier alpha value is -1.58. The van der Waals surface area contributed by atoms with Crippen molar-refractivity contribution in [3.8, 4) is 5.88 Å². The fourth-order valence-corrected chi connectivity index (χ4v) is 3.15. The van der Waals surface area contributed by atoms with Gasteiger partial charge in [-0.15, -0.1) is 0 Å². The molecule has 0 radical (unpaired) electrons. The predicted octanol–water partition coefficient (Wildman–Crippen LogP) is 3.33. The number of hydrogen-bond acceptors (Lipinski definition) is 3. The topological polar surface area (TPSA) is 72.0 Å². The van der Waals surface area contributed by atoms with Gasteiger partial charge in [-0.1, -0.05) is 13.3 Å². The van der Waals surface area contributed by atoms with Crippen molar-refractivity contribution in [2.45, 2.75) is 59.0 Å². The number of nitrogens with two attached hydrogens (primary N) is 1. The van der Waals surface area contributed by atoms with Crippen molar-refractivity contribution in [3.05, 3.63) is 22.9 Å². The summed E-state index contributed by atoms with van der Waals surface area (Å²) in [6.07, 6.45) is 6.14. The van der Waals surface area contributed by atoms with Crippen LogP contribution in [0.1, 0.15) is 55.8 Å². The van der Waals surface area contributed by atoms with Gasteiger partial charge < -0.3 is 10.5 Å². The highest BCUT2D eigenvalue weighted by Crippen LogP contribution is 2.31. The van der Waals surface area contributed by atoms with Gasteiger partial charge in [0.05, 0.1) is 5.56 Å². The molecule has 0 aromatic carbocycles. The highest BCUT2D eigenvalue weighted by molar-refractivity contribution is 5.98. The van der Waals surface area contributed by atoms with Gasteiger partial charge in [-0.3, -0.25) is 5.41 Å². The number of nitrogen functional groups attached to an aromatic ring is 1. The molecule has 20 heavy (non-hydrogen) atoms. The highest BCUT2D eigenvalue weighted by Gasteiger charge is 2.27. The van der Waals surface area contributed by atoms with Crippen LogP contribution in [-0.4, -0.2) is 16.9 Å². The second kappa shape index (κ2) is 6.25. The molecule has 0 saturated heterocycles. The lowest BCUT2D eigenvalue weighted by Crippen LogP contribution is -2.31. The van der Waals surface area contributed by atoms with Gasteiger partial charge in [-0.25, -0.2) is 4.98 Å². The summed E-state index contributed by atoms with van der Waals surface area (Å²) in [5.41, 5.74) is 8.22. The van der Waals surface area contributed by atoms with Crippen LogP contribution in [0.4, 0.5) is 0 Å². The van der Waals surface area contributed by atoms with E-state index >= 15 is 0 Å². The first kappa shape index (κ1) is 14.8. The Balaban J connectivity index is 2.30. The molecule has 0 bridgehead atoms. The Bertz CT molecular complexity index is 499. The summed E-state index contributed by atoms with van der Waals surface area (Å²) in [5, 5.41) is 7.76. The Morgan fingerprint density at radius 1 is 1.40 bits per heavy atom. The SMILES string of the molecule is CCC1CCCCC1Oc1nc(C)cc(C)c1C(=N)N. The van der Waals surface area contributed by atoms with Gasteiger partial charge in [0.2, 0.25) is 5.88 Å². The number of pyridine rings is 1. The minimum absolute atomic E-state index is 0.0360. The minimum Gasteiger partial charge on any atom is -0.474 e. The van der Waals surface area contributed by atoms with Crippen molar-refractivity contribution in [3.63, 3.8) is 0 Å². The summed E-state index contributed by atoms with van der Waals surface area (Å²) >= 11 is 0. The third-order valence-electron chi connectivity index (χ3n) is 4.21. The van der Waals surface area contributed by atoms with E-state index in [9.17, 15) is 0 Å². The fourth-order valence-electron chi connectivity index (χ4n) is 3.15. The van der Waals surface area contributed by atoms with Crippen LogP contribution >= 0.6 is 0 Å². The summed E-state index contributed by atoms with van der Waals surface area (Å²) in [4.78, 5) is 4.48. The number of aromatic nitrogens is 1. The maximum atomic E-state index is 7.76. The zero-order valence-electron chi connectivity index (χ0n) is 12.7. The van der Waals surface area contributed by atoms with Crippen LogP contribution < -0.4 is 10.5 Å². The van der Waals surface area contributed by atoms with Gasteiger partial charge in [-0.2, -0.15) is 0 Å². The largest absolute Gasteiger partial charge is 0.474 e. The molecule has 0 amide bonds. The molecule has 4 heteroatoms. The molecule has 4 nitrogen and oxygen atoms in total. The van der Waals surface area contributed by atoms with Crippen LogP contribution in [0.3, 0.4) is 0 Å². The van der Waals surface area contributed by atoms with Crippen LogP contribution in [-0.2, 0) is 0 Å². The van der Waals surface area contributed by atoms with E-state index in [2.05, 4.69) is 11.9 Å². The molecule has 110 valence electrons. The normalized spacial score (nSPS) is 22.6. The van der Waals surface area contributed by atoms with Gasteiger partial charge in [-0.05, 0) is 57.1 Å². The Morgan fingerprint density at radius 2 is 2.10 bits per heavy atom. The zero-order valence-corrected chi connectivity index (χ0v) is 12.7. The predicted molar refractivity (Wildman–Crippen MR) is 81.4 cm³/mol. The molecule has 1 saturated carbocycles. The van der Waals surface area contributed by atoms with Gasteiger partial charge >= 0.3 is 0 Å². The summed E-state index contributed by atoms with van der Waals surface area (Å²) < 4.78 is 6.18. The van der Waals surface area contributed by atoms with Crippen LogP contribution in [0, 0.1) is 25.2 Å². The molecule has 2 unspecified atom stereocenters. The van der Waals surface area contributed by atoms with E-state index in [0.717, 1.165) is 24.1 Å². The molecular weight excluding hydrogens is 250 g/mol. The van der Waals surface area contributed by atoms with E-state index in [4.69, 9.17) is 15.9 Å². The fraction of sp³-hybridized carbons (Fsp3) is 0.625. The van der Waals surface area contributed by atoms with Crippen molar-refractivity contribution in [1.82, 2.24) is 4.98 Å². The van der Waals surface area contributed by atoms with E-state index in [1.165, 1.54) is 19.3 Å². The van der Waals surface area contributed by atoms with E-state index in [0.29, 0.717) is 17.4 Å². The average molecular weight is 275 g/mol. The molecule has 0 spiro atoms. The van der Waals surface area contributed by atoms with Gasteiger partial charge in [0.1, 0.15) is 11.9 Å². The number of ether oxygens (including phenoxy) is 1. The van der Waals surface area contributed by atoms with E-state index < -0.39 is 0 Å². The quantitative estimate of drug-likeness (QED) is 0.654. The molecule has 2 atom stereocenters. The second-order valence-electron chi connectivity index (χ2n) is 5.78. The summed E-state index contributed by atoms with van der Waals surface area (Å²) in [7, 11) is 0. The van der Waals surface area contributed by atoms with Crippen molar-refractivity contribution in [1.29, 1.82) is 5.41 Å².